The van der Waals surface area contributed by atoms with Crippen LogP contribution in [0.4, 0.5) is 11.5 Å². The molecular weight excluding hydrogens is 442 g/mol. The number of hydrogen-bond acceptors (Lipinski definition) is 6. The van der Waals surface area contributed by atoms with Crippen molar-refractivity contribution in [3.05, 3.63) is 45.7 Å². The van der Waals surface area contributed by atoms with Crippen LogP contribution in [-0.4, -0.2) is 34.1 Å². The van der Waals surface area contributed by atoms with Gasteiger partial charge in [0.15, 0.2) is 5.82 Å². The van der Waals surface area contributed by atoms with E-state index < -0.39 is 5.76 Å². The number of piperidine rings is 1. The highest BCUT2D eigenvalue weighted by Crippen LogP contribution is 2.34. The number of nitrogens with one attached hydrogen (secondary N) is 2. The molecule has 1 saturated carbocycles. The van der Waals surface area contributed by atoms with E-state index in [4.69, 9.17) is 16.6 Å². The largest absolute Gasteiger partial charge is 0.438 e. The number of amides is 1. The minimum Gasteiger partial charge on any atom is -0.357 e. The number of hydrogen-bond donors (Lipinski definition) is 2. The van der Waals surface area contributed by atoms with Crippen LogP contribution in [0.2, 0.25) is 5.02 Å². The maximum atomic E-state index is 12.7. The summed E-state index contributed by atoms with van der Waals surface area (Å²) in [5, 5.41) is 8.26. The van der Waals surface area contributed by atoms with Crippen molar-refractivity contribution in [1.82, 2.24) is 15.1 Å². The van der Waals surface area contributed by atoms with Crippen LogP contribution in [0.1, 0.15) is 63.1 Å². The van der Waals surface area contributed by atoms with Gasteiger partial charge in [0.25, 0.3) is 0 Å². The smallest absolute Gasteiger partial charge is 0.357 e. The number of H-pyrrole nitrogens is 1. The van der Waals surface area contributed by atoms with Crippen LogP contribution in [0.3, 0.4) is 0 Å². The van der Waals surface area contributed by atoms with E-state index in [9.17, 15) is 9.59 Å². The summed E-state index contributed by atoms with van der Waals surface area (Å²) in [5.41, 5.74) is 1.44. The normalized spacial score (nSPS) is 18.0. The summed E-state index contributed by atoms with van der Waals surface area (Å²) in [5.74, 6) is 1.66. The van der Waals surface area contributed by atoms with Gasteiger partial charge in [0.05, 0.1) is 16.2 Å². The fourth-order valence-corrected chi connectivity index (χ4v) is 5.33. The molecule has 2 aliphatic rings. The van der Waals surface area contributed by atoms with E-state index in [1.807, 2.05) is 18.2 Å². The molecule has 2 aromatic heterocycles. The zero-order chi connectivity index (χ0) is 22.8. The molecule has 2 fully saturated rings. The van der Waals surface area contributed by atoms with Crippen LogP contribution in [0, 0.1) is 5.92 Å². The van der Waals surface area contributed by atoms with Crippen LogP contribution in [0.5, 0.6) is 0 Å². The summed E-state index contributed by atoms with van der Waals surface area (Å²) >= 11 is 6.46. The van der Waals surface area contributed by atoms with E-state index in [2.05, 4.69) is 24.9 Å². The fourth-order valence-electron chi connectivity index (χ4n) is 5.11. The Morgan fingerprint density at radius 3 is 2.64 bits per heavy atom. The third-order valence-electron chi connectivity index (χ3n) is 6.93. The molecule has 0 spiro atoms. The van der Waals surface area contributed by atoms with E-state index in [0.717, 1.165) is 55.5 Å². The van der Waals surface area contributed by atoms with Gasteiger partial charge in [-0.3, -0.25) is 14.3 Å². The summed E-state index contributed by atoms with van der Waals surface area (Å²) in [6, 6.07) is 7.66. The van der Waals surface area contributed by atoms with E-state index in [1.54, 1.807) is 6.07 Å². The molecule has 3 aromatic rings. The molecule has 1 aliphatic carbocycles. The quantitative estimate of drug-likeness (QED) is 0.553. The second-order valence-electron chi connectivity index (χ2n) is 9.16. The van der Waals surface area contributed by atoms with Gasteiger partial charge in [-0.2, -0.15) is 0 Å². The number of aromatic amines is 1. The third-order valence-corrected chi connectivity index (χ3v) is 7.25. The topological polar surface area (TPSA) is 104 Å². The summed E-state index contributed by atoms with van der Waals surface area (Å²) in [6.07, 6.45) is 8.22. The molecule has 1 aromatic carbocycles. The van der Waals surface area contributed by atoms with Crippen molar-refractivity contribution in [2.75, 3.05) is 23.3 Å². The van der Waals surface area contributed by atoms with E-state index >= 15 is 0 Å². The number of nitrogens with zero attached hydrogens (tertiary/aromatic N) is 3. The predicted octanol–water partition coefficient (Wildman–Crippen LogP) is 4.86. The number of pyridine rings is 1. The van der Waals surface area contributed by atoms with Crippen molar-refractivity contribution in [1.29, 1.82) is 0 Å². The highest BCUT2D eigenvalue weighted by atomic mass is 35.5. The molecule has 174 valence electrons. The van der Waals surface area contributed by atoms with Gasteiger partial charge < -0.3 is 10.2 Å². The molecule has 0 unspecified atom stereocenters. The van der Waals surface area contributed by atoms with Gasteiger partial charge in [-0.05, 0) is 55.9 Å². The van der Waals surface area contributed by atoms with Gasteiger partial charge >= 0.3 is 5.76 Å². The average molecular weight is 470 g/mol. The van der Waals surface area contributed by atoms with Gasteiger partial charge in [-0.1, -0.05) is 36.0 Å². The monoisotopic (exact) mass is 469 g/mol. The van der Waals surface area contributed by atoms with E-state index in [0.29, 0.717) is 28.9 Å². The van der Waals surface area contributed by atoms with E-state index in [-0.39, 0.29) is 11.8 Å². The first-order valence-electron chi connectivity index (χ1n) is 11.8. The molecule has 1 saturated heterocycles. The number of carbonyl (C=O) groups is 1. The van der Waals surface area contributed by atoms with Crippen LogP contribution in [0.15, 0.2) is 33.6 Å². The van der Waals surface area contributed by atoms with Crippen molar-refractivity contribution in [2.24, 2.45) is 5.92 Å². The summed E-state index contributed by atoms with van der Waals surface area (Å²) in [7, 11) is 0. The Hall–Kier alpha value is -2.87. The van der Waals surface area contributed by atoms with Gasteiger partial charge in [-0.25, -0.2) is 9.78 Å². The number of rotatable bonds is 5. The Morgan fingerprint density at radius 1 is 1.12 bits per heavy atom. The maximum absolute atomic E-state index is 12.7. The molecular formula is C24H28ClN5O3. The van der Waals surface area contributed by atoms with Gasteiger partial charge in [0.2, 0.25) is 5.91 Å². The lowest BCUT2D eigenvalue weighted by molar-refractivity contribution is -0.117. The minimum absolute atomic E-state index is 0.0216. The van der Waals surface area contributed by atoms with Crippen molar-refractivity contribution in [3.8, 4) is 0 Å². The summed E-state index contributed by atoms with van der Waals surface area (Å²) < 4.78 is 4.64. The number of anilines is 2. The van der Waals surface area contributed by atoms with Crippen LogP contribution >= 0.6 is 11.6 Å². The molecule has 0 atom stereocenters. The first kappa shape index (κ1) is 21.9. The molecule has 2 N–H and O–H groups in total. The van der Waals surface area contributed by atoms with Crippen molar-refractivity contribution >= 4 is 39.9 Å². The predicted molar refractivity (Wildman–Crippen MR) is 128 cm³/mol. The lowest BCUT2D eigenvalue weighted by atomic mass is 9.87. The lowest BCUT2D eigenvalue weighted by Crippen LogP contribution is -2.33. The molecule has 9 heteroatoms. The minimum atomic E-state index is -0.510. The number of fused-ring (bicyclic) bond motifs is 1. The van der Waals surface area contributed by atoms with Crippen LogP contribution in [0.25, 0.3) is 10.9 Å². The van der Waals surface area contributed by atoms with Crippen LogP contribution < -0.4 is 16.0 Å². The SMILES string of the molecule is O=C(CC1CCCCC1)Nc1c(Cl)ccc2nc(N3CCC(c4noc(=O)[nH]4)CC3)ccc12. The summed E-state index contributed by atoms with van der Waals surface area (Å²) in [4.78, 5) is 33.7. The Morgan fingerprint density at radius 2 is 1.91 bits per heavy atom. The average Bonchev–Trinajstić information content (AvgIpc) is 3.27. The Labute approximate surface area is 196 Å². The van der Waals surface area contributed by atoms with Gasteiger partial charge in [0.1, 0.15) is 5.82 Å². The van der Waals surface area contributed by atoms with Crippen molar-refractivity contribution < 1.29 is 9.32 Å². The molecule has 8 nitrogen and oxygen atoms in total. The van der Waals surface area contributed by atoms with Gasteiger partial charge in [-0.15, -0.1) is 0 Å². The zero-order valence-corrected chi connectivity index (χ0v) is 19.2. The fraction of sp³-hybridized carbons (Fsp3) is 0.500. The molecule has 5 rings (SSSR count). The molecule has 33 heavy (non-hydrogen) atoms. The Bertz CT molecular complexity index is 1190. The third kappa shape index (κ3) is 4.90. The standard InChI is InChI=1S/C24H28ClN5O3/c25-18-7-8-19-17(22(18)27-21(31)14-15-4-2-1-3-5-15)6-9-20(26-19)30-12-10-16(11-13-30)23-28-24(32)33-29-23/h6-9,15-16H,1-5,10-14H2,(H,27,31)(H,28,29,32). The summed E-state index contributed by atoms with van der Waals surface area (Å²) in [6.45, 7) is 1.60. The number of aromatic nitrogens is 3. The number of benzene rings is 1. The first-order chi connectivity index (χ1) is 16.1. The van der Waals surface area contributed by atoms with Gasteiger partial charge in [0, 0.05) is 30.8 Å². The van der Waals surface area contributed by atoms with Crippen molar-refractivity contribution in [2.45, 2.75) is 57.3 Å². The Balaban J connectivity index is 1.29. The van der Waals surface area contributed by atoms with Crippen LogP contribution in [-0.2, 0) is 4.79 Å². The second kappa shape index (κ2) is 9.55. The van der Waals surface area contributed by atoms with E-state index in [1.165, 1.54) is 19.3 Å². The molecule has 0 radical (unpaired) electrons. The molecule has 0 bridgehead atoms. The maximum Gasteiger partial charge on any atom is 0.438 e. The zero-order valence-electron chi connectivity index (χ0n) is 18.5. The second-order valence-corrected chi connectivity index (χ2v) is 9.56. The lowest BCUT2D eigenvalue weighted by Gasteiger charge is -2.31. The number of carbonyl (C=O) groups excluding carboxylic acids is 1. The molecule has 3 heterocycles. The highest BCUT2D eigenvalue weighted by molar-refractivity contribution is 6.35. The highest BCUT2D eigenvalue weighted by Gasteiger charge is 2.25. The first-order valence-corrected chi connectivity index (χ1v) is 12.1. The molecule has 1 aliphatic heterocycles. The van der Waals surface area contributed by atoms with Crippen molar-refractivity contribution in [3.63, 3.8) is 0 Å². The Kier molecular flexibility index (Phi) is 6.35. The molecule has 1 amide bonds. The number of halogens is 1.